The quantitative estimate of drug-likeness (QED) is 0.463. The number of aromatic nitrogens is 3. The Morgan fingerprint density at radius 2 is 2.07 bits per heavy atom. The number of H-pyrrole nitrogens is 1. The number of fused-ring (bicyclic) bond motifs is 1. The third-order valence-electron chi connectivity index (χ3n) is 4.90. The van der Waals surface area contributed by atoms with Gasteiger partial charge in [-0.25, -0.2) is 9.78 Å². The van der Waals surface area contributed by atoms with E-state index in [2.05, 4.69) is 58.6 Å². The number of thiazole rings is 1. The first kappa shape index (κ1) is 19.1. The van der Waals surface area contributed by atoms with E-state index in [4.69, 9.17) is 4.98 Å². The van der Waals surface area contributed by atoms with E-state index in [1.54, 1.807) is 11.3 Å². The molecule has 4 rings (SSSR count). The van der Waals surface area contributed by atoms with Crippen LogP contribution in [0.3, 0.4) is 0 Å². The predicted octanol–water partition coefficient (Wildman–Crippen LogP) is 5.14. The minimum absolute atomic E-state index is 0.0435. The Kier molecular flexibility index (Phi) is 5.07. The van der Waals surface area contributed by atoms with Gasteiger partial charge in [0.1, 0.15) is 5.01 Å². The minimum atomic E-state index is -1.03. The number of carboxylic acids is 1. The lowest BCUT2D eigenvalue weighted by Gasteiger charge is -2.20. The van der Waals surface area contributed by atoms with Crippen LogP contribution in [0.2, 0.25) is 0 Å². The molecule has 2 N–H and O–H groups in total. The summed E-state index contributed by atoms with van der Waals surface area (Å²) >= 11 is 1.67. The van der Waals surface area contributed by atoms with Gasteiger partial charge in [0, 0.05) is 35.6 Å². The van der Waals surface area contributed by atoms with E-state index < -0.39 is 5.97 Å². The van der Waals surface area contributed by atoms with Crippen LogP contribution in [-0.2, 0) is 6.54 Å². The fraction of sp³-hybridized carbons (Fsp3) is 0.227. The van der Waals surface area contributed by atoms with Crippen molar-refractivity contribution >= 4 is 33.9 Å². The summed E-state index contributed by atoms with van der Waals surface area (Å²) in [5, 5.41) is 19.7. The van der Waals surface area contributed by atoms with Gasteiger partial charge in [0.2, 0.25) is 0 Å². The Morgan fingerprint density at radius 1 is 1.24 bits per heavy atom. The number of nitrogens with one attached hydrogen (secondary N) is 1. The molecule has 0 fully saturated rings. The van der Waals surface area contributed by atoms with Gasteiger partial charge in [-0.05, 0) is 35.7 Å². The highest BCUT2D eigenvalue weighted by atomic mass is 32.1. The van der Waals surface area contributed by atoms with Crippen LogP contribution in [0.25, 0.3) is 21.5 Å². The molecule has 7 heteroatoms. The van der Waals surface area contributed by atoms with Crippen molar-refractivity contribution in [2.75, 3.05) is 11.9 Å². The van der Waals surface area contributed by atoms with Gasteiger partial charge in [-0.3, -0.25) is 5.10 Å². The average molecular weight is 407 g/mol. The van der Waals surface area contributed by atoms with Crippen molar-refractivity contribution in [3.63, 3.8) is 0 Å². The number of benzene rings is 2. The van der Waals surface area contributed by atoms with Crippen LogP contribution in [0, 0.1) is 0 Å². The normalized spacial score (nSPS) is 11.3. The standard InChI is InChI=1S/C22H22N4O2S/c1-13(2)19-12-29-21(23-19)15-6-4-5-14(9-15)11-26(3)16-7-8-18-17(10-16)20(22(27)28)25-24-18/h4-10,12-13H,11H2,1-3H3,(H,24,25)(H,27,28). The number of carbonyl (C=O) groups is 1. The van der Waals surface area contributed by atoms with Crippen LogP contribution in [0.4, 0.5) is 5.69 Å². The number of aromatic amines is 1. The molecule has 2 aromatic heterocycles. The summed E-state index contributed by atoms with van der Waals surface area (Å²) in [6.45, 7) is 5.00. The predicted molar refractivity (Wildman–Crippen MR) is 117 cm³/mol. The minimum Gasteiger partial charge on any atom is -0.476 e. The zero-order chi connectivity index (χ0) is 20.5. The maximum Gasteiger partial charge on any atom is 0.357 e. The summed E-state index contributed by atoms with van der Waals surface area (Å²) in [6.07, 6.45) is 0. The Hall–Kier alpha value is -3.19. The van der Waals surface area contributed by atoms with Gasteiger partial charge in [-0.2, -0.15) is 5.10 Å². The summed E-state index contributed by atoms with van der Waals surface area (Å²) in [5.74, 6) is -0.615. The van der Waals surface area contributed by atoms with Crippen molar-refractivity contribution in [3.05, 3.63) is 64.8 Å². The third kappa shape index (κ3) is 3.86. The van der Waals surface area contributed by atoms with Crippen molar-refractivity contribution in [2.45, 2.75) is 26.3 Å². The van der Waals surface area contributed by atoms with Crippen LogP contribution in [-0.4, -0.2) is 33.3 Å². The molecule has 0 atom stereocenters. The molecular weight excluding hydrogens is 384 g/mol. The van der Waals surface area contributed by atoms with E-state index in [1.807, 2.05) is 25.2 Å². The maximum atomic E-state index is 11.4. The Bertz CT molecular complexity index is 1180. The second kappa shape index (κ2) is 7.67. The van der Waals surface area contributed by atoms with Crippen LogP contribution >= 0.6 is 11.3 Å². The summed E-state index contributed by atoms with van der Waals surface area (Å²) < 4.78 is 0. The number of nitrogens with zero attached hydrogens (tertiary/aromatic N) is 3. The van der Waals surface area contributed by atoms with Gasteiger partial charge < -0.3 is 10.0 Å². The molecule has 0 aliphatic carbocycles. The monoisotopic (exact) mass is 406 g/mol. The van der Waals surface area contributed by atoms with Crippen LogP contribution in [0.5, 0.6) is 0 Å². The zero-order valence-electron chi connectivity index (χ0n) is 16.5. The lowest BCUT2D eigenvalue weighted by atomic mass is 10.1. The molecule has 0 radical (unpaired) electrons. The molecule has 0 amide bonds. The molecule has 6 nitrogen and oxygen atoms in total. The van der Waals surface area contributed by atoms with E-state index in [1.165, 1.54) is 0 Å². The largest absolute Gasteiger partial charge is 0.476 e. The van der Waals surface area contributed by atoms with E-state index in [-0.39, 0.29) is 5.69 Å². The van der Waals surface area contributed by atoms with E-state index in [0.29, 0.717) is 23.4 Å². The van der Waals surface area contributed by atoms with Crippen molar-refractivity contribution in [1.29, 1.82) is 0 Å². The SMILES string of the molecule is CC(C)c1csc(-c2cccc(CN(C)c3ccc4[nH]nc(C(=O)O)c4c3)c2)n1. The zero-order valence-corrected chi connectivity index (χ0v) is 17.3. The van der Waals surface area contributed by atoms with E-state index in [9.17, 15) is 9.90 Å². The summed E-state index contributed by atoms with van der Waals surface area (Å²) in [5.41, 5.74) is 5.09. The second-order valence-electron chi connectivity index (χ2n) is 7.40. The maximum absolute atomic E-state index is 11.4. The lowest BCUT2D eigenvalue weighted by Crippen LogP contribution is -2.16. The molecule has 4 aromatic rings. The molecule has 0 saturated heterocycles. The number of rotatable bonds is 6. The van der Waals surface area contributed by atoms with E-state index >= 15 is 0 Å². The number of hydrogen-bond donors (Lipinski definition) is 2. The molecule has 0 spiro atoms. The Balaban J connectivity index is 1.58. The summed E-state index contributed by atoms with van der Waals surface area (Å²) in [4.78, 5) is 18.2. The van der Waals surface area contributed by atoms with Gasteiger partial charge >= 0.3 is 5.97 Å². The fourth-order valence-corrected chi connectivity index (χ4v) is 4.23. The van der Waals surface area contributed by atoms with Gasteiger partial charge in [-0.15, -0.1) is 11.3 Å². The molecular formula is C22H22N4O2S. The number of hydrogen-bond acceptors (Lipinski definition) is 5. The van der Waals surface area contributed by atoms with Crippen LogP contribution in [0.15, 0.2) is 47.8 Å². The highest BCUT2D eigenvalue weighted by Crippen LogP contribution is 2.28. The molecule has 0 unspecified atom stereocenters. The Morgan fingerprint density at radius 3 is 2.79 bits per heavy atom. The first-order valence-electron chi connectivity index (χ1n) is 9.39. The van der Waals surface area contributed by atoms with Gasteiger partial charge in [0.15, 0.2) is 5.69 Å². The van der Waals surface area contributed by atoms with Crippen molar-refractivity contribution < 1.29 is 9.90 Å². The fourth-order valence-electron chi connectivity index (χ4n) is 3.25. The van der Waals surface area contributed by atoms with Crippen LogP contribution < -0.4 is 4.90 Å². The summed E-state index contributed by atoms with van der Waals surface area (Å²) in [6, 6.07) is 14.1. The molecule has 2 heterocycles. The molecule has 148 valence electrons. The lowest BCUT2D eigenvalue weighted by molar-refractivity contribution is 0.0692. The highest BCUT2D eigenvalue weighted by Gasteiger charge is 2.14. The smallest absolute Gasteiger partial charge is 0.357 e. The first-order chi connectivity index (χ1) is 13.9. The van der Waals surface area contributed by atoms with Crippen LogP contribution in [0.1, 0.15) is 41.5 Å². The molecule has 0 aliphatic rings. The Labute approximate surface area is 172 Å². The molecule has 0 aliphatic heterocycles. The molecule has 0 bridgehead atoms. The number of anilines is 1. The number of carboxylic acid groups (broad SMARTS) is 1. The second-order valence-corrected chi connectivity index (χ2v) is 8.25. The molecule has 29 heavy (non-hydrogen) atoms. The number of aromatic carboxylic acids is 1. The molecule has 2 aromatic carbocycles. The molecule has 0 saturated carbocycles. The van der Waals surface area contributed by atoms with Crippen molar-refractivity contribution in [3.8, 4) is 10.6 Å². The van der Waals surface area contributed by atoms with E-state index in [0.717, 1.165) is 27.5 Å². The van der Waals surface area contributed by atoms with Gasteiger partial charge in [0.25, 0.3) is 0 Å². The van der Waals surface area contributed by atoms with Crippen molar-refractivity contribution in [2.24, 2.45) is 0 Å². The highest BCUT2D eigenvalue weighted by molar-refractivity contribution is 7.13. The van der Waals surface area contributed by atoms with Gasteiger partial charge in [-0.1, -0.05) is 32.0 Å². The first-order valence-corrected chi connectivity index (χ1v) is 10.3. The summed E-state index contributed by atoms with van der Waals surface area (Å²) in [7, 11) is 1.99. The van der Waals surface area contributed by atoms with Gasteiger partial charge in [0.05, 0.1) is 11.2 Å². The third-order valence-corrected chi connectivity index (χ3v) is 5.81. The topological polar surface area (TPSA) is 82.1 Å². The average Bonchev–Trinajstić information content (AvgIpc) is 3.35. The van der Waals surface area contributed by atoms with Crippen molar-refractivity contribution in [1.82, 2.24) is 15.2 Å².